The number of urea groups is 1. The predicted molar refractivity (Wildman–Crippen MR) is 99.2 cm³/mol. The molecule has 0 saturated heterocycles. The van der Waals surface area contributed by atoms with Gasteiger partial charge >= 0.3 is 6.03 Å². The summed E-state index contributed by atoms with van der Waals surface area (Å²) in [6, 6.07) is 8.60. The number of carbonyl (C=O) groups is 2. The number of rotatable bonds is 8. The molecule has 0 unspecified atom stereocenters. The minimum Gasteiger partial charge on any atom is -0.467 e. The number of hydrogen-bond acceptors (Lipinski definition) is 4. The Labute approximate surface area is 153 Å². The number of nitrogens with zero attached hydrogens (tertiary/aromatic N) is 1. The molecule has 7 heteroatoms. The van der Waals surface area contributed by atoms with E-state index < -0.39 is 0 Å². The molecular formula is C19H25N3O4. The Morgan fingerprint density at radius 1 is 1.23 bits per heavy atom. The van der Waals surface area contributed by atoms with E-state index >= 15 is 0 Å². The molecule has 2 N–H and O–H groups in total. The highest BCUT2D eigenvalue weighted by Gasteiger charge is 2.11. The average molecular weight is 359 g/mol. The van der Waals surface area contributed by atoms with Gasteiger partial charge in [-0.15, -0.1) is 0 Å². The van der Waals surface area contributed by atoms with Crippen molar-refractivity contribution in [3.63, 3.8) is 0 Å². The summed E-state index contributed by atoms with van der Waals surface area (Å²) in [5, 5.41) is 5.56. The number of ether oxygens (including phenoxy) is 1. The fourth-order valence-electron chi connectivity index (χ4n) is 2.26. The average Bonchev–Trinajstić information content (AvgIpc) is 3.12. The molecule has 1 aromatic heterocycles. The minimum absolute atomic E-state index is 0.109. The summed E-state index contributed by atoms with van der Waals surface area (Å²) in [5.74, 6) is 0.667. The van der Waals surface area contributed by atoms with E-state index in [9.17, 15) is 9.59 Å². The second-order valence-corrected chi connectivity index (χ2v) is 6.10. The zero-order chi connectivity index (χ0) is 18.9. The van der Waals surface area contributed by atoms with E-state index in [0.717, 1.165) is 11.3 Å². The van der Waals surface area contributed by atoms with Gasteiger partial charge in [0.1, 0.15) is 12.4 Å². The quantitative estimate of drug-likeness (QED) is 0.710. The third-order valence-corrected chi connectivity index (χ3v) is 3.71. The van der Waals surface area contributed by atoms with E-state index in [1.165, 1.54) is 4.90 Å². The summed E-state index contributed by atoms with van der Waals surface area (Å²) < 4.78 is 10.6. The van der Waals surface area contributed by atoms with Crippen LogP contribution in [0.3, 0.4) is 0 Å². The Balaban J connectivity index is 1.73. The molecule has 140 valence electrons. The smallest absolute Gasteiger partial charge is 0.319 e. The molecule has 2 rings (SSSR count). The van der Waals surface area contributed by atoms with Crippen LogP contribution in [0.15, 0.2) is 41.0 Å². The Hall–Kier alpha value is -2.80. The number of amides is 3. The molecule has 0 aliphatic carbocycles. The van der Waals surface area contributed by atoms with Crippen LogP contribution in [0.1, 0.15) is 28.1 Å². The van der Waals surface area contributed by atoms with E-state index in [1.54, 1.807) is 32.5 Å². The van der Waals surface area contributed by atoms with Crippen LogP contribution < -0.4 is 10.6 Å². The van der Waals surface area contributed by atoms with Crippen molar-refractivity contribution in [2.75, 3.05) is 32.6 Å². The van der Waals surface area contributed by atoms with Crippen LogP contribution in [0.5, 0.6) is 0 Å². The van der Waals surface area contributed by atoms with E-state index in [4.69, 9.17) is 9.15 Å². The molecule has 1 aromatic carbocycles. The Morgan fingerprint density at radius 2 is 2.04 bits per heavy atom. The molecule has 3 amide bonds. The molecule has 0 spiro atoms. The van der Waals surface area contributed by atoms with Crippen molar-refractivity contribution in [2.24, 2.45) is 0 Å². The van der Waals surface area contributed by atoms with Gasteiger partial charge in [-0.2, -0.15) is 0 Å². The van der Waals surface area contributed by atoms with E-state index in [0.29, 0.717) is 37.4 Å². The number of hydrogen-bond donors (Lipinski definition) is 2. The molecule has 7 nitrogen and oxygen atoms in total. The first-order valence-corrected chi connectivity index (χ1v) is 8.44. The maximum Gasteiger partial charge on any atom is 0.319 e. The second kappa shape index (κ2) is 9.62. The lowest BCUT2D eigenvalue weighted by Crippen LogP contribution is -2.30. The second-order valence-electron chi connectivity index (χ2n) is 6.10. The van der Waals surface area contributed by atoms with Crippen molar-refractivity contribution in [3.05, 3.63) is 53.5 Å². The molecule has 1 heterocycles. The Bertz CT molecular complexity index is 726. The fourth-order valence-corrected chi connectivity index (χ4v) is 2.26. The first kappa shape index (κ1) is 19.5. The maximum atomic E-state index is 12.0. The van der Waals surface area contributed by atoms with Gasteiger partial charge in [-0.25, -0.2) is 4.79 Å². The Morgan fingerprint density at radius 3 is 2.73 bits per heavy atom. The molecule has 0 bridgehead atoms. The van der Waals surface area contributed by atoms with E-state index in [-0.39, 0.29) is 11.9 Å². The van der Waals surface area contributed by atoms with Gasteiger partial charge in [0, 0.05) is 38.5 Å². The molecule has 0 atom stereocenters. The van der Waals surface area contributed by atoms with Crippen molar-refractivity contribution >= 4 is 17.6 Å². The molecule has 0 saturated carbocycles. The molecule has 0 aliphatic rings. The number of nitrogens with one attached hydrogen (secondary N) is 2. The van der Waals surface area contributed by atoms with Gasteiger partial charge in [-0.3, -0.25) is 4.79 Å². The molecule has 0 aliphatic heterocycles. The van der Waals surface area contributed by atoms with Gasteiger partial charge in [0.05, 0.1) is 6.26 Å². The normalized spacial score (nSPS) is 10.4. The SMILES string of the molecule is Cc1ccc(C(=O)N(C)C)cc1NC(=O)NCCCOCc1ccco1. The summed E-state index contributed by atoms with van der Waals surface area (Å²) in [6.45, 7) is 3.30. The maximum absolute atomic E-state index is 12.0. The van der Waals surface area contributed by atoms with Crippen LogP contribution in [0.25, 0.3) is 0 Å². The van der Waals surface area contributed by atoms with Crippen LogP contribution in [0, 0.1) is 6.92 Å². The van der Waals surface area contributed by atoms with Gasteiger partial charge in [0.25, 0.3) is 5.91 Å². The third kappa shape index (κ3) is 5.93. The lowest BCUT2D eigenvalue weighted by atomic mass is 10.1. The number of carbonyl (C=O) groups excluding carboxylic acids is 2. The standard InChI is InChI=1S/C19H25N3O4/c1-14-7-8-15(18(23)22(2)3)12-17(14)21-19(24)20-9-5-10-25-13-16-6-4-11-26-16/h4,6-8,11-12H,5,9-10,13H2,1-3H3,(H2,20,21,24). The number of furan rings is 1. The zero-order valence-corrected chi connectivity index (χ0v) is 15.4. The highest BCUT2D eigenvalue weighted by atomic mass is 16.5. The van der Waals surface area contributed by atoms with Crippen LogP contribution in [-0.4, -0.2) is 44.1 Å². The van der Waals surface area contributed by atoms with Gasteiger partial charge in [0.15, 0.2) is 0 Å². The lowest BCUT2D eigenvalue weighted by Gasteiger charge is -2.14. The monoisotopic (exact) mass is 359 g/mol. The zero-order valence-electron chi connectivity index (χ0n) is 15.4. The van der Waals surface area contributed by atoms with Crippen molar-refractivity contribution in [1.82, 2.24) is 10.2 Å². The topological polar surface area (TPSA) is 83.8 Å². The minimum atomic E-state index is -0.311. The van der Waals surface area contributed by atoms with E-state index in [1.807, 2.05) is 25.1 Å². The number of anilines is 1. The molecule has 0 radical (unpaired) electrons. The van der Waals surface area contributed by atoms with Crippen molar-refractivity contribution < 1.29 is 18.7 Å². The van der Waals surface area contributed by atoms with Gasteiger partial charge in [-0.05, 0) is 43.2 Å². The summed E-state index contributed by atoms with van der Waals surface area (Å²) in [5.41, 5.74) is 2.03. The number of benzene rings is 1. The van der Waals surface area contributed by atoms with E-state index in [2.05, 4.69) is 10.6 Å². The molecule has 2 aromatic rings. The third-order valence-electron chi connectivity index (χ3n) is 3.71. The summed E-state index contributed by atoms with van der Waals surface area (Å²) in [4.78, 5) is 25.6. The summed E-state index contributed by atoms with van der Waals surface area (Å²) in [6.07, 6.45) is 2.29. The van der Waals surface area contributed by atoms with Gasteiger partial charge in [0.2, 0.25) is 0 Å². The fraction of sp³-hybridized carbons (Fsp3) is 0.368. The first-order valence-electron chi connectivity index (χ1n) is 8.44. The first-order chi connectivity index (χ1) is 12.5. The highest BCUT2D eigenvalue weighted by molar-refractivity contribution is 5.97. The molecule has 0 fully saturated rings. The largest absolute Gasteiger partial charge is 0.467 e. The predicted octanol–water partition coefficient (Wildman–Crippen LogP) is 3.02. The van der Waals surface area contributed by atoms with Crippen LogP contribution in [-0.2, 0) is 11.3 Å². The summed E-state index contributed by atoms with van der Waals surface area (Å²) >= 11 is 0. The van der Waals surface area contributed by atoms with Crippen molar-refractivity contribution in [3.8, 4) is 0 Å². The van der Waals surface area contributed by atoms with Gasteiger partial charge in [-0.1, -0.05) is 6.07 Å². The highest BCUT2D eigenvalue weighted by Crippen LogP contribution is 2.17. The Kier molecular flexibility index (Phi) is 7.23. The van der Waals surface area contributed by atoms with Crippen LogP contribution in [0.4, 0.5) is 10.5 Å². The van der Waals surface area contributed by atoms with Crippen molar-refractivity contribution in [1.29, 1.82) is 0 Å². The van der Waals surface area contributed by atoms with Crippen LogP contribution in [0.2, 0.25) is 0 Å². The van der Waals surface area contributed by atoms with Gasteiger partial charge < -0.3 is 24.7 Å². The van der Waals surface area contributed by atoms with Crippen LogP contribution >= 0.6 is 0 Å². The molecule has 26 heavy (non-hydrogen) atoms. The number of aryl methyl sites for hydroxylation is 1. The molecular weight excluding hydrogens is 334 g/mol. The van der Waals surface area contributed by atoms with Crippen molar-refractivity contribution in [2.45, 2.75) is 20.0 Å². The lowest BCUT2D eigenvalue weighted by molar-refractivity contribution is 0.0827. The summed E-state index contributed by atoms with van der Waals surface area (Å²) in [7, 11) is 3.38.